The van der Waals surface area contributed by atoms with E-state index in [2.05, 4.69) is 20.8 Å². The number of allylic oxidation sites excluding steroid dienone is 2. The molecule has 0 unspecified atom stereocenters. The van der Waals surface area contributed by atoms with Crippen molar-refractivity contribution in [3.05, 3.63) is 46.4 Å². The summed E-state index contributed by atoms with van der Waals surface area (Å²) in [6.45, 7) is 13.6. The lowest BCUT2D eigenvalue weighted by molar-refractivity contribution is -0.188. The highest BCUT2D eigenvalue weighted by Crippen LogP contribution is 2.54. The van der Waals surface area contributed by atoms with Crippen LogP contribution in [0, 0.1) is 24.2 Å². The van der Waals surface area contributed by atoms with Gasteiger partial charge in [-0.3, -0.25) is 0 Å². The second kappa shape index (κ2) is 8.44. The SMILES string of the molecule is CC=C(C)C(=O)O[C@H]1[C@@H](OC(=O)C(C)=CC)C[C@@H]2Cc3occ(C)c3C[C@]2(C)[C@H]1C. The fourth-order valence-corrected chi connectivity index (χ4v) is 4.89. The Balaban J connectivity index is 1.95. The summed E-state index contributed by atoms with van der Waals surface area (Å²) in [6, 6.07) is 0. The van der Waals surface area contributed by atoms with Crippen molar-refractivity contribution >= 4 is 11.9 Å². The number of carbonyl (C=O) groups excluding carboxylic acids is 2. The van der Waals surface area contributed by atoms with Crippen molar-refractivity contribution in [1.82, 2.24) is 0 Å². The zero-order valence-electron chi connectivity index (χ0n) is 19.2. The van der Waals surface area contributed by atoms with E-state index in [1.54, 1.807) is 26.0 Å². The van der Waals surface area contributed by atoms with Gasteiger partial charge >= 0.3 is 11.9 Å². The highest BCUT2D eigenvalue weighted by Gasteiger charge is 2.55. The van der Waals surface area contributed by atoms with Crippen LogP contribution < -0.4 is 0 Å². The molecule has 0 aromatic carbocycles. The van der Waals surface area contributed by atoms with E-state index in [0.29, 0.717) is 17.6 Å². The van der Waals surface area contributed by atoms with Crippen LogP contribution in [-0.2, 0) is 31.9 Å². The average Bonchev–Trinajstić information content (AvgIpc) is 3.07. The molecule has 0 radical (unpaired) electrons. The molecule has 30 heavy (non-hydrogen) atoms. The number of furan rings is 1. The molecule has 0 aliphatic heterocycles. The molecule has 5 nitrogen and oxygen atoms in total. The first kappa shape index (κ1) is 22.4. The quantitative estimate of drug-likeness (QED) is 0.506. The zero-order valence-corrected chi connectivity index (χ0v) is 19.2. The van der Waals surface area contributed by atoms with Crippen LogP contribution in [0.1, 0.15) is 64.9 Å². The number of fused-ring (bicyclic) bond motifs is 2. The van der Waals surface area contributed by atoms with E-state index >= 15 is 0 Å². The third-order valence-electron chi connectivity index (χ3n) is 7.54. The first-order chi connectivity index (χ1) is 14.1. The standard InChI is InChI=1S/C25H34O5/c1-8-14(3)23(26)29-21-11-18-10-20-19(16(5)13-28-20)12-25(18,7)17(6)22(21)30-24(27)15(4)9-2/h8-9,13,17-18,21-22H,10-12H2,1-7H3/t17-,18-,21-,22+,25+/m0/s1. The lowest BCUT2D eigenvalue weighted by Gasteiger charge is -2.53. The highest BCUT2D eigenvalue weighted by molar-refractivity contribution is 5.88. The van der Waals surface area contributed by atoms with Crippen LogP contribution in [0.25, 0.3) is 0 Å². The van der Waals surface area contributed by atoms with E-state index in [1.165, 1.54) is 11.1 Å². The third-order valence-corrected chi connectivity index (χ3v) is 7.54. The van der Waals surface area contributed by atoms with Crippen LogP contribution in [0.4, 0.5) is 0 Å². The molecule has 1 aromatic heterocycles. The topological polar surface area (TPSA) is 65.7 Å². The van der Waals surface area contributed by atoms with Gasteiger partial charge < -0.3 is 13.9 Å². The number of esters is 2. The Morgan fingerprint density at radius 2 is 1.73 bits per heavy atom. The molecule has 0 amide bonds. The molecule has 1 saturated carbocycles. The highest BCUT2D eigenvalue weighted by atomic mass is 16.6. The molecule has 5 heteroatoms. The largest absolute Gasteiger partial charge is 0.469 e. The fourth-order valence-electron chi connectivity index (χ4n) is 4.89. The molecule has 2 aliphatic carbocycles. The smallest absolute Gasteiger partial charge is 0.333 e. The van der Waals surface area contributed by atoms with Crippen molar-refractivity contribution in [2.45, 2.75) is 79.9 Å². The Morgan fingerprint density at radius 1 is 1.13 bits per heavy atom. The monoisotopic (exact) mass is 414 g/mol. The lowest BCUT2D eigenvalue weighted by atomic mass is 9.54. The predicted molar refractivity (Wildman–Crippen MR) is 115 cm³/mol. The van der Waals surface area contributed by atoms with Crippen molar-refractivity contribution in [2.24, 2.45) is 17.3 Å². The summed E-state index contributed by atoms with van der Waals surface area (Å²) in [7, 11) is 0. The number of aryl methyl sites for hydroxylation is 1. The molecule has 0 spiro atoms. The maximum Gasteiger partial charge on any atom is 0.333 e. The van der Waals surface area contributed by atoms with Gasteiger partial charge in [-0.1, -0.05) is 26.0 Å². The number of hydrogen-bond acceptors (Lipinski definition) is 5. The molecule has 1 fully saturated rings. The summed E-state index contributed by atoms with van der Waals surface area (Å²) in [5.74, 6) is 0.642. The minimum absolute atomic E-state index is 0.0241. The molecule has 3 rings (SSSR count). The van der Waals surface area contributed by atoms with Gasteiger partial charge in [-0.25, -0.2) is 9.59 Å². The number of hydrogen-bond donors (Lipinski definition) is 0. The summed E-state index contributed by atoms with van der Waals surface area (Å²) < 4.78 is 17.7. The number of rotatable bonds is 4. The van der Waals surface area contributed by atoms with Gasteiger partial charge in [-0.05, 0) is 69.9 Å². The minimum Gasteiger partial charge on any atom is -0.469 e. The van der Waals surface area contributed by atoms with E-state index in [4.69, 9.17) is 13.9 Å². The van der Waals surface area contributed by atoms with Crippen molar-refractivity contribution < 1.29 is 23.5 Å². The first-order valence-corrected chi connectivity index (χ1v) is 10.9. The van der Waals surface area contributed by atoms with E-state index in [1.807, 2.05) is 20.1 Å². The molecule has 2 aliphatic rings. The van der Waals surface area contributed by atoms with Crippen LogP contribution >= 0.6 is 0 Å². The molecule has 164 valence electrons. The van der Waals surface area contributed by atoms with Gasteiger partial charge in [0, 0.05) is 23.5 Å². The molecule has 1 heterocycles. The average molecular weight is 415 g/mol. The van der Waals surface area contributed by atoms with Crippen LogP contribution in [0.15, 0.2) is 34.0 Å². The van der Waals surface area contributed by atoms with Gasteiger partial charge in [0.2, 0.25) is 0 Å². The summed E-state index contributed by atoms with van der Waals surface area (Å²) >= 11 is 0. The molecule has 0 saturated heterocycles. The maximum absolute atomic E-state index is 12.6. The second-order valence-corrected chi connectivity index (χ2v) is 9.19. The summed E-state index contributed by atoms with van der Waals surface area (Å²) in [6.07, 6.45) is 6.68. The van der Waals surface area contributed by atoms with Crippen molar-refractivity contribution in [3.63, 3.8) is 0 Å². The fraction of sp³-hybridized carbons (Fsp3) is 0.600. The lowest BCUT2D eigenvalue weighted by Crippen LogP contribution is -2.57. The number of ether oxygens (including phenoxy) is 2. The third kappa shape index (κ3) is 3.86. The Morgan fingerprint density at radius 3 is 2.33 bits per heavy atom. The maximum atomic E-state index is 12.6. The van der Waals surface area contributed by atoms with Crippen molar-refractivity contribution in [1.29, 1.82) is 0 Å². The van der Waals surface area contributed by atoms with Gasteiger partial charge in [0.1, 0.15) is 18.0 Å². The Hall–Kier alpha value is -2.30. The molecule has 0 N–H and O–H groups in total. The predicted octanol–water partition coefficient (Wildman–Crippen LogP) is 5.10. The zero-order chi connectivity index (χ0) is 22.2. The second-order valence-electron chi connectivity index (χ2n) is 9.19. The molecular formula is C25H34O5. The molecule has 1 aromatic rings. The first-order valence-electron chi connectivity index (χ1n) is 10.9. The van der Waals surface area contributed by atoms with Crippen molar-refractivity contribution in [3.8, 4) is 0 Å². The normalized spacial score (nSPS) is 31.6. The number of carbonyl (C=O) groups is 2. The molecule has 5 atom stereocenters. The van der Waals surface area contributed by atoms with E-state index in [0.717, 1.165) is 18.6 Å². The Kier molecular flexibility index (Phi) is 6.30. The van der Waals surface area contributed by atoms with Gasteiger partial charge in [-0.15, -0.1) is 0 Å². The summed E-state index contributed by atoms with van der Waals surface area (Å²) in [5, 5.41) is 0. The van der Waals surface area contributed by atoms with Crippen LogP contribution in [0.3, 0.4) is 0 Å². The van der Waals surface area contributed by atoms with Crippen LogP contribution in [0.2, 0.25) is 0 Å². The van der Waals surface area contributed by atoms with Crippen LogP contribution in [0.5, 0.6) is 0 Å². The summed E-state index contributed by atoms with van der Waals surface area (Å²) in [4.78, 5) is 25.2. The van der Waals surface area contributed by atoms with Gasteiger partial charge in [0.15, 0.2) is 0 Å². The van der Waals surface area contributed by atoms with Crippen molar-refractivity contribution in [2.75, 3.05) is 0 Å². The van der Waals surface area contributed by atoms with Gasteiger partial charge in [0.05, 0.1) is 6.26 Å². The van der Waals surface area contributed by atoms with E-state index in [-0.39, 0.29) is 29.2 Å². The van der Waals surface area contributed by atoms with E-state index in [9.17, 15) is 9.59 Å². The minimum atomic E-state index is -0.490. The Labute approximate surface area is 179 Å². The molecule has 0 bridgehead atoms. The van der Waals surface area contributed by atoms with E-state index < -0.39 is 12.2 Å². The Bertz CT molecular complexity index is 889. The van der Waals surface area contributed by atoms with Gasteiger partial charge in [0.25, 0.3) is 0 Å². The van der Waals surface area contributed by atoms with Gasteiger partial charge in [-0.2, -0.15) is 0 Å². The van der Waals surface area contributed by atoms with Crippen LogP contribution in [-0.4, -0.2) is 24.1 Å². The summed E-state index contributed by atoms with van der Waals surface area (Å²) in [5.41, 5.74) is 3.48. The molecular weight excluding hydrogens is 380 g/mol.